The van der Waals surface area contributed by atoms with E-state index in [1.807, 2.05) is 0 Å². The van der Waals surface area contributed by atoms with Crippen LogP contribution in [0, 0.1) is 5.41 Å². The van der Waals surface area contributed by atoms with Crippen molar-refractivity contribution in [3.8, 4) is 0 Å². The van der Waals surface area contributed by atoms with Crippen molar-refractivity contribution in [1.29, 1.82) is 0 Å². The molecule has 0 amide bonds. The summed E-state index contributed by atoms with van der Waals surface area (Å²) in [5, 5.41) is 0. The first-order valence-electron chi connectivity index (χ1n) is 3.36. The van der Waals surface area contributed by atoms with Gasteiger partial charge in [0.2, 0.25) is 0 Å². The second-order valence-corrected chi connectivity index (χ2v) is 3.76. The Morgan fingerprint density at radius 1 is 1.75 bits per heavy atom. The van der Waals surface area contributed by atoms with Crippen LogP contribution in [0.25, 0.3) is 0 Å². The van der Waals surface area contributed by atoms with E-state index in [2.05, 4.69) is 15.9 Å². The summed E-state index contributed by atoms with van der Waals surface area (Å²) < 4.78 is 26.5. The zero-order valence-corrected chi connectivity index (χ0v) is 7.94. The van der Waals surface area contributed by atoms with Crippen molar-refractivity contribution in [2.45, 2.75) is 13.1 Å². The predicted octanol–water partition coefficient (Wildman–Crippen LogP) is 2.68. The second-order valence-electron chi connectivity index (χ2n) is 2.85. The van der Waals surface area contributed by atoms with Gasteiger partial charge in [0.25, 0.3) is 0 Å². The van der Waals surface area contributed by atoms with Crippen LogP contribution in [-0.4, -0.2) is 12.5 Å². The maximum atomic E-state index is 13.1. The number of carbonyl (C=O) groups excluding carboxylic acids is 1. The average Bonchev–Trinajstić information content (AvgIpc) is 2.00. The second kappa shape index (κ2) is 3.09. The molecule has 0 aliphatic heterocycles. The van der Waals surface area contributed by atoms with Gasteiger partial charge in [-0.2, -0.15) is 0 Å². The van der Waals surface area contributed by atoms with Crippen LogP contribution in [0.15, 0.2) is 22.5 Å². The number of rotatable bonds is 1. The fourth-order valence-electron chi connectivity index (χ4n) is 0.891. The molecule has 12 heavy (non-hydrogen) atoms. The van der Waals surface area contributed by atoms with Gasteiger partial charge < -0.3 is 4.79 Å². The number of alkyl halides is 1. The maximum Gasteiger partial charge on any atom is 0.138 e. The summed E-state index contributed by atoms with van der Waals surface area (Å²) >= 11 is 2.94. The normalized spacial score (nSPS) is 35.5. The van der Waals surface area contributed by atoms with E-state index >= 15 is 0 Å². The fraction of sp³-hybridized carbons (Fsp3) is 0.375. The molecule has 0 bridgehead atoms. The van der Waals surface area contributed by atoms with E-state index in [0.29, 0.717) is 10.8 Å². The number of halogens is 3. The molecule has 1 nitrogen and oxygen atoms in total. The highest BCUT2D eigenvalue weighted by molar-refractivity contribution is 9.11. The van der Waals surface area contributed by atoms with Gasteiger partial charge in [0.1, 0.15) is 23.7 Å². The van der Waals surface area contributed by atoms with Gasteiger partial charge in [0, 0.05) is 4.48 Å². The molecule has 0 aromatic carbocycles. The monoisotopic (exact) mass is 236 g/mol. The Balaban J connectivity index is 3.10. The molecular weight excluding hydrogens is 230 g/mol. The highest BCUT2D eigenvalue weighted by Gasteiger charge is 2.40. The van der Waals surface area contributed by atoms with E-state index in [4.69, 9.17) is 0 Å². The van der Waals surface area contributed by atoms with Crippen LogP contribution in [0.3, 0.4) is 0 Å². The number of allylic oxidation sites excluding steroid dienone is 4. The van der Waals surface area contributed by atoms with E-state index in [9.17, 15) is 13.6 Å². The molecule has 0 radical (unpaired) electrons. The third-order valence-corrected chi connectivity index (χ3v) is 2.40. The number of hydrogen-bond acceptors (Lipinski definition) is 1. The molecule has 0 N–H and O–H groups in total. The summed E-state index contributed by atoms with van der Waals surface area (Å²) in [4.78, 5) is 10.4. The van der Waals surface area contributed by atoms with Crippen molar-refractivity contribution in [2.75, 3.05) is 0 Å². The van der Waals surface area contributed by atoms with Crippen molar-refractivity contribution in [3.63, 3.8) is 0 Å². The summed E-state index contributed by atoms with van der Waals surface area (Å²) in [6, 6.07) is 0. The third-order valence-electron chi connectivity index (χ3n) is 1.90. The molecule has 0 aromatic rings. The molecular formula is C8H7BrF2O. The van der Waals surface area contributed by atoms with Crippen LogP contribution in [0.2, 0.25) is 0 Å². The largest absolute Gasteiger partial charge is 0.302 e. The minimum atomic E-state index is -1.64. The zero-order chi connectivity index (χ0) is 9.35. The quantitative estimate of drug-likeness (QED) is 0.640. The Morgan fingerprint density at radius 2 is 2.33 bits per heavy atom. The van der Waals surface area contributed by atoms with Gasteiger partial charge in [-0.15, -0.1) is 0 Å². The van der Waals surface area contributed by atoms with Crippen molar-refractivity contribution < 1.29 is 13.6 Å². The molecule has 1 aliphatic rings. The lowest BCUT2D eigenvalue weighted by molar-refractivity contribution is -0.116. The minimum Gasteiger partial charge on any atom is -0.302 e. The van der Waals surface area contributed by atoms with E-state index in [1.54, 1.807) is 0 Å². The van der Waals surface area contributed by atoms with Crippen molar-refractivity contribution in [1.82, 2.24) is 0 Å². The summed E-state index contributed by atoms with van der Waals surface area (Å²) in [7, 11) is 0. The number of aldehydes is 1. The molecule has 0 spiro atoms. The van der Waals surface area contributed by atoms with Gasteiger partial charge in [-0.1, -0.05) is 15.9 Å². The number of carbonyl (C=O) groups is 1. The third kappa shape index (κ3) is 1.35. The first-order valence-corrected chi connectivity index (χ1v) is 4.15. The van der Waals surface area contributed by atoms with Gasteiger partial charge in [0.05, 0.1) is 0 Å². The highest BCUT2D eigenvalue weighted by Crippen LogP contribution is 2.38. The standard InChI is InChI=1S/C8H7BrF2O/c1-8(4-12)6(10)2-5(9)3-7(8)11/h2-4,6H,1H3. The lowest BCUT2D eigenvalue weighted by Crippen LogP contribution is -2.32. The van der Waals surface area contributed by atoms with Gasteiger partial charge in [0.15, 0.2) is 0 Å². The summed E-state index contributed by atoms with van der Waals surface area (Å²) in [6.45, 7) is 1.23. The maximum absolute atomic E-state index is 13.1. The molecule has 2 unspecified atom stereocenters. The minimum absolute atomic E-state index is 0.291. The van der Waals surface area contributed by atoms with E-state index in [1.165, 1.54) is 6.92 Å². The van der Waals surface area contributed by atoms with Crippen molar-refractivity contribution >= 4 is 22.2 Å². The molecule has 1 aliphatic carbocycles. The van der Waals surface area contributed by atoms with Crippen LogP contribution in [0.1, 0.15) is 6.92 Å². The van der Waals surface area contributed by atoms with Crippen LogP contribution >= 0.6 is 15.9 Å². The van der Waals surface area contributed by atoms with Crippen LogP contribution in [0.4, 0.5) is 8.78 Å². The fourth-order valence-corrected chi connectivity index (χ4v) is 1.32. The highest BCUT2D eigenvalue weighted by atomic mass is 79.9. The molecule has 1 rings (SSSR count). The SMILES string of the molecule is CC1(C=O)C(F)=CC(Br)=CC1F. The van der Waals surface area contributed by atoms with E-state index < -0.39 is 17.4 Å². The molecule has 4 heteroatoms. The van der Waals surface area contributed by atoms with Gasteiger partial charge in [-0.3, -0.25) is 0 Å². The smallest absolute Gasteiger partial charge is 0.138 e. The van der Waals surface area contributed by atoms with Crippen LogP contribution < -0.4 is 0 Å². The summed E-state index contributed by atoms with van der Waals surface area (Å²) in [5.41, 5.74) is -1.64. The summed E-state index contributed by atoms with van der Waals surface area (Å²) in [5.74, 6) is -0.751. The van der Waals surface area contributed by atoms with Crippen LogP contribution in [0.5, 0.6) is 0 Å². The number of hydrogen-bond donors (Lipinski definition) is 0. The van der Waals surface area contributed by atoms with Gasteiger partial charge in [-0.05, 0) is 19.1 Å². The molecule has 0 heterocycles. The first kappa shape index (κ1) is 9.58. The Kier molecular flexibility index (Phi) is 2.46. The Hall–Kier alpha value is -0.510. The average molecular weight is 237 g/mol. The molecule has 0 saturated heterocycles. The molecule has 0 aromatic heterocycles. The molecule has 2 atom stereocenters. The Labute approximate surface area is 77.3 Å². The summed E-state index contributed by atoms with van der Waals surface area (Å²) in [6.07, 6.45) is 0.955. The van der Waals surface area contributed by atoms with Crippen LogP contribution in [-0.2, 0) is 4.79 Å². The van der Waals surface area contributed by atoms with E-state index in [-0.39, 0.29) is 0 Å². The lowest BCUT2D eigenvalue weighted by Gasteiger charge is -2.26. The lowest BCUT2D eigenvalue weighted by atomic mass is 9.82. The molecule has 66 valence electrons. The first-order chi connectivity index (χ1) is 5.50. The molecule has 0 saturated carbocycles. The van der Waals surface area contributed by atoms with Crippen molar-refractivity contribution in [2.24, 2.45) is 5.41 Å². The van der Waals surface area contributed by atoms with Gasteiger partial charge >= 0.3 is 0 Å². The van der Waals surface area contributed by atoms with E-state index in [0.717, 1.165) is 12.2 Å². The molecule has 0 fully saturated rings. The Bertz CT molecular complexity index is 272. The van der Waals surface area contributed by atoms with Crippen molar-refractivity contribution in [3.05, 3.63) is 22.5 Å². The zero-order valence-electron chi connectivity index (χ0n) is 6.35. The Morgan fingerprint density at radius 3 is 2.75 bits per heavy atom. The predicted molar refractivity (Wildman–Crippen MR) is 45.3 cm³/mol. The topological polar surface area (TPSA) is 17.1 Å². The van der Waals surface area contributed by atoms with Gasteiger partial charge in [-0.25, -0.2) is 8.78 Å².